The number of likely N-dealkylation sites (N-methyl/N-ethyl adjacent to an activating group) is 1. The normalized spacial score (nSPS) is 14.8. The Labute approximate surface area is 196 Å². The number of nitrogens with one attached hydrogen (secondary N) is 2. The summed E-state index contributed by atoms with van der Waals surface area (Å²) in [5, 5.41) is 8.06. The van der Waals surface area contributed by atoms with E-state index in [1.54, 1.807) is 4.52 Å². The van der Waals surface area contributed by atoms with Crippen molar-refractivity contribution in [2.24, 2.45) is 0 Å². The van der Waals surface area contributed by atoms with Crippen molar-refractivity contribution in [2.75, 3.05) is 43.4 Å². The Morgan fingerprint density at radius 2 is 1.88 bits per heavy atom. The molecule has 5 aromatic rings. The van der Waals surface area contributed by atoms with Crippen LogP contribution in [-0.2, 0) is 6.54 Å². The highest BCUT2D eigenvalue weighted by atomic mass is 15.4. The van der Waals surface area contributed by atoms with Gasteiger partial charge in [0.05, 0.1) is 23.8 Å². The first-order chi connectivity index (χ1) is 16.6. The molecule has 0 spiro atoms. The van der Waals surface area contributed by atoms with E-state index in [4.69, 9.17) is 9.97 Å². The fourth-order valence-corrected chi connectivity index (χ4v) is 4.30. The molecule has 1 aromatic carbocycles. The van der Waals surface area contributed by atoms with Crippen molar-refractivity contribution in [2.45, 2.75) is 13.5 Å². The van der Waals surface area contributed by atoms with Gasteiger partial charge in [-0.3, -0.25) is 4.98 Å². The van der Waals surface area contributed by atoms with Crippen LogP contribution in [0.25, 0.3) is 27.8 Å². The first kappa shape index (κ1) is 20.5. The van der Waals surface area contributed by atoms with Crippen LogP contribution in [-0.4, -0.2) is 72.7 Å². The molecule has 172 valence electrons. The monoisotopic (exact) mass is 454 g/mol. The van der Waals surface area contributed by atoms with Crippen LogP contribution in [0.1, 0.15) is 11.5 Å². The third-order valence-corrected chi connectivity index (χ3v) is 6.20. The number of rotatable bonds is 5. The Balaban J connectivity index is 1.40. The number of anilines is 2. The van der Waals surface area contributed by atoms with E-state index >= 15 is 0 Å². The second-order valence-corrected chi connectivity index (χ2v) is 8.67. The number of benzene rings is 1. The largest absolute Gasteiger partial charge is 0.347 e. The van der Waals surface area contributed by atoms with Crippen molar-refractivity contribution in [1.29, 1.82) is 0 Å². The molecule has 1 aliphatic heterocycles. The van der Waals surface area contributed by atoms with Crippen LogP contribution in [0, 0.1) is 6.92 Å². The molecule has 1 saturated heterocycles. The average Bonchev–Trinajstić information content (AvgIpc) is 3.47. The number of aromatic nitrogens is 7. The minimum atomic E-state index is 0.493. The number of hydrogen-bond donors (Lipinski definition) is 2. The lowest BCUT2D eigenvalue weighted by Gasteiger charge is -2.32. The van der Waals surface area contributed by atoms with Crippen LogP contribution in [0.5, 0.6) is 0 Å². The highest BCUT2D eigenvalue weighted by Gasteiger charge is 2.21. The van der Waals surface area contributed by atoms with Crippen LogP contribution < -0.4 is 10.2 Å². The van der Waals surface area contributed by atoms with Gasteiger partial charge in [-0.1, -0.05) is 12.1 Å². The van der Waals surface area contributed by atoms with Gasteiger partial charge in [-0.2, -0.15) is 19.6 Å². The lowest BCUT2D eigenvalue weighted by molar-refractivity contribution is 0.311. The van der Waals surface area contributed by atoms with Gasteiger partial charge >= 0.3 is 0 Å². The first-order valence-electron chi connectivity index (χ1n) is 11.4. The minimum Gasteiger partial charge on any atom is -0.347 e. The number of pyridine rings is 1. The molecule has 6 rings (SSSR count). The maximum absolute atomic E-state index is 4.95. The van der Waals surface area contributed by atoms with E-state index in [0.29, 0.717) is 18.4 Å². The standard InChI is InChI=1S/C24H26N10/c1-16-13-17(7-8-25-16)18-14-27-34-22(18)30-24(33-11-9-32(2)10-12-33)31-23(34)26-15-21-28-19-5-3-4-6-20(19)29-21/h3-8,13-14H,9-12,15H2,1-2H3,(H,28,29)(H,26,30,31). The van der Waals surface area contributed by atoms with Gasteiger partial charge in [0.2, 0.25) is 11.9 Å². The zero-order valence-corrected chi connectivity index (χ0v) is 19.2. The molecule has 34 heavy (non-hydrogen) atoms. The van der Waals surface area contributed by atoms with Crippen molar-refractivity contribution in [3.63, 3.8) is 0 Å². The van der Waals surface area contributed by atoms with Crippen LogP contribution in [0.15, 0.2) is 48.8 Å². The fraction of sp³-hybridized carbons (Fsp3) is 0.292. The summed E-state index contributed by atoms with van der Waals surface area (Å²) < 4.78 is 1.77. The predicted octanol–water partition coefficient (Wildman–Crippen LogP) is 2.73. The molecular formula is C24H26N10. The average molecular weight is 455 g/mol. The van der Waals surface area contributed by atoms with E-state index in [-0.39, 0.29) is 0 Å². The van der Waals surface area contributed by atoms with Gasteiger partial charge < -0.3 is 20.1 Å². The molecule has 2 N–H and O–H groups in total. The smallest absolute Gasteiger partial charge is 0.230 e. The number of hydrogen-bond acceptors (Lipinski definition) is 8. The quantitative estimate of drug-likeness (QED) is 0.418. The van der Waals surface area contributed by atoms with E-state index in [9.17, 15) is 0 Å². The molecule has 5 heterocycles. The molecule has 0 saturated carbocycles. The van der Waals surface area contributed by atoms with E-state index in [0.717, 1.165) is 65.5 Å². The van der Waals surface area contributed by atoms with Gasteiger partial charge in [0, 0.05) is 43.6 Å². The highest BCUT2D eigenvalue weighted by molar-refractivity contribution is 5.78. The van der Waals surface area contributed by atoms with E-state index in [1.807, 2.05) is 49.6 Å². The van der Waals surface area contributed by atoms with E-state index in [2.05, 4.69) is 48.3 Å². The summed E-state index contributed by atoms with van der Waals surface area (Å²) >= 11 is 0. The molecule has 0 bridgehead atoms. The van der Waals surface area contributed by atoms with Crippen molar-refractivity contribution in [3.05, 3.63) is 60.3 Å². The Hall–Kier alpha value is -4.05. The number of para-hydroxylation sites is 2. The maximum Gasteiger partial charge on any atom is 0.230 e. The molecule has 0 atom stereocenters. The molecule has 10 heteroatoms. The summed E-state index contributed by atoms with van der Waals surface area (Å²) in [5.41, 5.74) is 5.67. The van der Waals surface area contributed by atoms with Gasteiger partial charge in [-0.25, -0.2) is 4.98 Å². The molecule has 1 fully saturated rings. The number of aromatic amines is 1. The van der Waals surface area contributed by atoms with E-state index < -0.39 is 0 Å². The van der Waals surface area contributed by atoms with Crippen molar-refractivity contribution >= 4 is 28.6 Å². The van der Waals surface area contributed by atoms with Gasteiger partial charge in [0.25, 0.3) is 0 Å². The predicted molar refractivity (Wildman–Crippen MR) is 132 cm³/mol. The van der Waals surface area contributed by atoms with Crippen LogP contribution in [0.4, 0.5) is 11.9 Å². The third kappa shape index (κ3) is 3.81. The summed E-state index contributed by atoms with van der Waals surface area (Å²) in [6, 6.07) is 12.1. The second kappa shape index (κ2) is 8.38. The number of H-pyrrole nitrogens is 1. The van der Waals surface area contributed by atoms with E-state index in [1.165, 1.54) is 0 Å². The lowest BCUT2D eigenvalue weighted by Crippen LogP contribution is -2.45. The summed E-state index contributed by atoms with van der Waals surface area (Å²) in [7, 11) is 2.14. The topological polar surface area (TPSA) is 103 Å². The molecule has 0 amide bonds. The molecule has 0 unspecified atom stereocenters. The zero-order chi connectivity index (χ0) is 23.1. The minimum absolute atomic E-state index is 0.493. The van der Waals surface area contributed by atoms with Crippen molar-refractivity contribution in [1.82, 2.24) is 39.4 Å². The number of nitrogens with zero attached hydrogens (tertiary/aromatic N) is 8. The molecule has 0 aliphatic carbocycles. The Morgan fingerprint density at radius 1 is 1.03 bits per heavy atom. The molecule has 1 aliphatic rings. The van der Waals surface area contributed by atoms with Gasteiger partial charge in [-0.15, -0.1) is 0 Å². The summed E-state index contributed by atoms with van der Waals surface area (Å²) in [6.07, 6.45) is 3.66. The molecule has 10 nitrogen and oxygen atoms in total. The SMILES string of the molecule is Cc1cc(-c2cnn3c(NCc4nc5ccccc5[nH]4)nc(N4CCN(C)CC4)nc23)ccn1. The van der Waals surface area contributed by atoms with Gasteiger partial charge in [0.1, 0.15) is 5.82 Å². The second-order valence-electron chi connectivity index (χ2n) is 8.67. The number of fused-ring (bicyclic) bond motifs is 2. The van der Waals surface area contributed by atoms with Crippen LogP contribution >= 0.6 is 0 Å². The Bertz CT molecular complexity index is 1430. The molecule has 4 aromatic heterocycles. The van der Waals surface area contributed by atoms with Gasteiger partial charge in [-0.05, 0) is 43.8 Å². The summed E-state index contributed by atoms with van der Waals surface area (Å²) in [4.78, 5) is 26.8. The molecular weight excluding hydrogens is 428 g/mol. The van der Waals surface area contributed by atoms with Crippen LogP contribution in [0.3, 0.4) is 0 Å². The number of imidazole rings is 1. The number of aryl methyl sites for hydroxylation is 1. The maximum atomic E-state index is 4.95. The zero-order valence-electron chi connectivity index (χ0n) is 19.2. The Morgan fingerprint density at radius 3 is 2.71 bits per heavy atom. The first-order valence-corrected chi connectivity index (χ1v) is 11.4. The Kier molecular flexibility index (Phi) is 5.06. The van der Waals surface area contributed by atoms with Crippen molar-refractivity contribution in [3.8, 4) is 11.1 Å². The summed E-state index contributed by atoms with van der Waals surface area (Å²) in [5.74, 6) is 2.18. The number of piperazine rings is 1. The third-order valence-electron chi connectivity index (χ3n) is 6.20. The fourth-order valence-electron chi connectivity index (χ4n) is 4.30. The van der Waals surface area contributed by atoms with Gasteiger partial charge in [0.15, 0.2) is 5.65 Å². The molecule has 0 radical (unpaired) electrons. The summed E-state index contributed by atoms with van der Waals surface area (Å²) in [6.45, 7) is 6.20. The van der Waals surface area contributed by atoms with Crippen molar-refractivity contribution < 1.29 is 0 Å². The van der Waals surface area contributed by atoms with Crippen LogP contribution in [0.2, 0.25) is 0 Å². The highest BCUT2D eigenvalue weighted by Crippen LogP contribution is 2.27. The lowest BCUT2D eigenvalue weighted by atomic mass is 10.1.